The van der Waals surface area contributed by atoms with Gasteiger partial charge in [-0.1, -0.05) is 39.3 Å². The number of hydrogen-bond donors (Lipinski definition) is 4. The Labute approximate surface area is 206 Å². The van der Waals surface area contributed by atoms with Gasteiger partial charge in [0.25, 0.3) is 0 Å². The molecule has 0 saturated heterocycles. The molecule has 8 heteroatoms. The minimum absolute atomic E-state index is 0.00153. The van der Waals surface area contributed by atoms with Gasteiger partial charge in [0, 0.05) is 16.7 Å². The molecule has 4 rings (SSSR count). The molecule has 4 aliphatic rings. The number of carboxylic acid groups (broad SMARTS) is 1. The molecule has 0 spiro atoms. The molecule has 0 amide bonds. The van der Waals surface area contributed by atoms with Crippen molar-refractivity contribution in [3.63, 3.8) is 0 Å². The first-order valence-corrected chi connectivity index (χ1v) is 12.5. The van der Waals surface area contributed by atoms with Crippen LogP contribution in [0.25, 0.3) is 0 Å². The number of aliphatic hydroxyl groups excluding tert-OH is 1. The van der Waals surface area contributed by atoms with E-state index in [0.717, 1.165) is 5.57 Å². The normalized spacial score (nSPS) is 44.9. The molecular formula is C27H40FNO6. The Morgan fingerprint density at radius 2 is 1.83 bits per heavy atom. The van der Waals surface area contributed by atoms with Crippen molar-refractivity contribution in [2.75, 3.05) is 0 Å². The standard InChI is InChI=1S/C22H29FO4.C5H11NO2/c1-12-9-17-15-6-8-21(27,13(2)24)20(15,4)11-18(26)22(17,23)19(3)7-5-14(25)10-16(12)19;1-3(2)4(6)5(7)8/h5,7,10,12,15,17-18,26-27H,6,8-9,11H2,1-4H3;3-4H,6H2,1-2H3,(H,7,8)/t12-,15-,17-,18-,19-,20-,21-,22-;4-/m00/s1. The minimum Gasteiger partial charge on any atom is -0.480 e. The number of aliphatic carboxylic acids is 1. The number of halogens is 1. The zero-order chi connectivity index (χ0) is 26.7. The van der Waals surface area contributed by atoms with Crippen LogP contribution in [0, 0.1) is 34.5 Å². The summed E-state index contributed by atoms with van der Waals surface area (Å²) < 4.78 is 16.9. The summed E-state index contributed by atoms with van der Waals surface area (Å²) in [5.74, 6) is -2.02. The van der Waals surface area contributed by atoms with Gasteiger partial charge in [-0.3, -0.25) is 14.4 Å². The van der Waals surface area contributed by atoms with E-state index in [2.05, 4.69) is 0 Å². The van der Waals surface area contributed by atoms with Crippen molar-refractivity contribution >= 4 is 17.5 Å². The van der Waals surface area contributed by atoms with E-state index in [4.69, 9.17) is 10.8 Å². The average Bonchev–Trinajstić information content (AvgIpc) is 3.03. The third-order valence-corrected chi connectivity index (χ3v) is 9.71. The van der Waals surface area contributed by atoms with E-state index >= 15 is 4.39 Å². The van der Waals surface area contributed by atoms with Gasteiger partial charge in [0.2, 0.25) is 0 Å². The highest BCUT2D eigenvalue weighted by atomic mass is 19.1. The lowest BCUT2D eigenvalue weighted by Crippen LogP contribution is -2.69. The van der Waals surface area contributed by atoms with Gasteiger partial charge < -0.3 is 21.1 Å². The van der Waals surface area contributed by atoms with E-state index in [0.29, 0.717) is 19.3 Å². The van der Waals surface area contributed by atoms with E-state index in [1.807, 2.05) is 13.8 Å². The van der Waals surface area contributed by atoms with Gasteiger partial charge in [-0.25, -0.2) is 4.39 Å². The SMILES string of the molecule is CC(=O)[C@@]1(O)CC[C@H]2[C@@H]3C[C@H](C)C4=CC(=O)C=C[C@]4(C)[C@@]3(F)[C@@H](O)C[C@@]21C.CC(C)[C@H](N)C(=O)O. The number of hydrogen-bond acceptors (Lipinski definition) is 6. The van der Waals surface area contributed by atoms with Gasteiger partial charge in [0.15, 0.2) is 17.2 Å². The molecule has 0 heterocycles. The molecule has 5 N–H and O–H groups in total. The van der Waals surface area contributed by atoms with Crippen molar-refractivity contribution < 1.29 is 34.1 Å². The first-order chi connectivity index (χ1) is 16.0. The summed E-state index contributed by atoms with van der Waals surface area (Å²) in [6.45, 7) is 10.6. The molecule has 0 aliphatic heterocycles. The predicted octanol–water partition coefficient (Wildman–Crippen LogP) is 2.98. The maximum absolute atomic E-state index is 16.9. The second kappa shape index (κ2) is 8.89. The van der Waals surface area contributed by atoms with Crippen LogP contribution in [0.1, 0.15) is 67.2 Å². The smallest absolute Gasteiger partial charge is 0.320 e. The number of nitrogens with two attached hydrogens (primary N) is 1. The van der Waals surface area contributed by atoms with Gasteiger partial charge in [0.1, 0.15) is 11.6 Å². The van der Waals surface area contributed by atoms with Gasteiger partial charge in [0.05, 0.1) is 6.10 Å². The molecule has 4 aliphatic carbocycles. The zero-order valence-electron chi connectivity index (χ0n) is 21.5. The number of Topliss-reactive ketones (excluding diaryl/α,β-unsaturated/α-hetero) is 1. The molecular weight excluding hydrogens is 453 g/mol. The van der Waals surface area contributed by atoms with Crippen molar-refractivity contribution in [2.24, 2.45) is 40.2 Å². The Morgan fingerprint density at radius 3 is 2.31 bits per heavy atom. The van der Waals surface area contributed by atoms with E-state index in [1.165, 1.54) is 19.1 Å². The molecule has 35 heavy (non-hydrogen) atoms. The maximum atomic E-state index is 16.9. The Kier molecular flexibility index (Phi) is 7.03. The first kappa shape index (κ1) is 27.7. The van der Waals surface area contributed by atoms with Gasteiger partial charge in [-0.15, -0.1) is 0 Å². The summed E-state index contributed by atoms with van der Waals surface area (Å²) >= 11 is 0. The number of alkyl halides is 1. The molecule has 7 nitrogen and oxygen atoms in total. The lowest BCUT2D eigenvalue weighted by molar-refractivity contribution is -0.219. The highest BCUT2D eigenvalue weighted by molar-refractivity contribution is 6.01. The number of rotatable bonds is 3. The second-order valence-electron chi connectivity index (χ2n) is 11.9. The van der Waals surface area contributed by atoms with Crippen molar-refractivity contribution in [2.45, 2.75) is 90.6 Å². The number of aliphatic hydroxyl groups is 2. The molecule has 0 aromatic rings. The van der Waals surface area contributed by atoms with Crippen LogP contribution in [0.5, 0.6) is 0 Å². The minimum atomic E-state index is -1.92. The molecule has 0 radical (unpaired) electrons. The maximum Gasteiger partial charge on any atom is 0.320 e. The lowest BCUT2D eigenvalue weighted by Gasteiger charge is -2.63. The summed E-state index contributed by atoms with van der Waals surface area (Å²) in [4.78, 5) is 34.2. The largest absolute Gasteiger partial charge is 0.480 e. The van der Waals surface area contributed by atoms with E-state index in [-0.39, 0.29) is 35.7 Å². The van der Waals surface area contributed by atoms with Crippen LogP contribution in [-0.2, 0) is 14.4 Å². The third kappa shape index (κ3) is 3.83. The van der Waals surface area contributed by atoms with Crippen LogP contribution in [-0.4, -0.2) is 56.3 Å². The quantitative estimate of drug-likeness (QED) is 0.474. The van der Waals surface area contributed by atoms with Gasteiger partial charge in [-0.2, -0.15) is 0 Å². The highest BCUT2D eigenvalue weighted by Gasteiger charge is 2.74. The van der Waals surface area contributed by atoms with Crippen LogP contribution in [0.2, 0.25) is 0 Å². The van der Waals surface area contributed by atoms with Crippen molar-refractivity contribution in [3.8, 4) is 0 Å². The van der Waals surface area contributed by atoms with Crippen LogP contribution in [0.3, 0.4) is 0 Å². The summed E-state index contributed by atoms with van der Waals surface area (Å²) in [7, 11) is 0. The number of carbonyl (C=O) groups excluding carboxylic acids is 2. The van der Waals surface area contributed by atoms with Crippen LogP contribution in [0.4, 0.5) is 4.39 Å². The molecule has 9 atom stereocenters. The molecule has 3 fully saturated rings. The van der Waals surface area contributed by atoms with E-state index < -0.39 is 46.1 Å². The van der Waals surface area contributed by atoms with Gasteiger partial charge in [-0.05, 0) is 69.4 Å². The van der Waals surface area contributed by atoms with Crippen molar-refractivity contribution in [1.29, 1.82) is 0 Å². The first-order valence-electron chi connectivity index (χ1n) is 12.5. The van der Waals surface area contributed by atoms with Gasteiger partial charge >= 0.3 is 5.97 Å². The Morgan fingerprint density at radius 1 is 1.23 bits per heavy atom. The molecule has 0 bridgehead atoms. The molecule has 3 saturated carbocycles. The van der Waals surface area contributed by atoms with Crippen LogP contribution in [0.15, 0.2) is 23.8 Å². The Bertz CT molecular complexity index is 977. The number of carbonyl (C=O) groups is 3. The fraction of sp³-hybridized carbons (Fsp3) is 0.741. The van der Waals surface area contributed by atoms with Crippen LogP contribution >= 0.6 is 0 Å². The summed E-state index contributed by atoms with van der Waals surface area (Å²) in [5, 5.41) is 30.5. The fourth-order valence-electron chi connectivity index (χ4n) is 7.47. The highest BCUT2D eigenvalue weighted by Crippen LogP contribution is 2.70. The molecule has 196 valence electrons. The Hall–Kier alpha value is -1.90. The number of allylic oxidation sites excluding steroid dienone is 4. The summed E-state index contributed by atoms with van der Waals surface area (Å²) in [5.41, 5.74) is 0.571. The topological polar surface area (TPSA) is 138 Å². The Balaban J connectivity index is 0.000000371. The summed E-state index contributed by atoms with van der Waals surface area (Å²) in [6.07, 6.45) is 4.68. The third-order valence-electron chi connectivity index (χ3n) is 9.71. The van der Waals surface area contributed by atoms with E-state index in [1.54, 1.807) is 26.8 Å². The molecule has 0 aromatic carbocycles. The van der Waals surface area contributed by atoms with Crippen LogP contribution < -0.4 is 5.73 Å². The molecule has 0 unspecified atom stereocenters. The van der Waals surface area contributed by atoms with E-state index in [9.17, 15) is 24.6 Å². The monoisotopic (exact) mass is 493 g/mol. The number of ketones is 2. The number of carboxylic acids is 1. The fourth-order valence-corrected chi connectivity index (χ4v) is 7.47. The van der Waals surface area contributed by atoms with Crippen molar-refractivity contribution in [1.82, 2.24) is 0 Å². The molecule has 0 aromatic heterocycles. The lowest BCUT2D eigenvalue weighted by atomic mass is 9.43. The number of fused-ring (bicyclic) bond motifs is 5. The zero-order valence-corrected chi connectivity index (χ0v) is 21.5. The summed E-state index contributed by atoms with van der Waals surface area (Å²) in [6, 6.07) is -0.713. The van der Waals surface area contributed by atoms with Crippen molar-refractivity contribution in [3.05, 3.63) is 23.8 Å². The second-order valence-corrected chi connectivity index (χ2v) is 11.9. The predicted molar refractivity (Wildman–Crippen MR) is 129 cm³/mol. The average molecular weight is 494 g/mol.